The Bertz CT molecular complexity index is 570. The molecule has 0 bridgehead atoms. The van der Waals surface area contributed by atoms with Crippen molar-refractivity contribution in [3.8, 4) is 0 Å². The number of rotatable bonds is 3. The fraction of sp³-hybridized carbons (Fsp3) is 0.231. The summed E-state index contributed by atoms with van der Waals surface area (Å²) in [5.74, 6) is 0.00713. The van der Waals surface area contributed by atoms with Gasteiger partial charge in [-0.3, -0.25) is 4.99 Å². The average molecular weight is 278 g/mol. The number of allylic oxidation sites excluding steroid dienone is 1. The summed E-state index contributed by atoms with van der Waals surface area (Å²) in [4.78, 5) is 7.75. The number of guanidine groups is 2. The molecule has 0 spiro atoms. The number of nitrogens with zero attached hydrogens (tertiary/aromatic N) is 2. The molecule has 1 aromatic carbocycles. The van der Waals surface area contributed by atoms with Crippen molar-refractivity contribution in [2.75, 3.05) is 6.54 Å². The number of nitrogens with two attached hydrogens (primary N) is 3. The van der Waals surface area contributed by atoms with Gasteiger partial charge in [0, 0.05) is 11.6 Å². The Hall–Kier alpha value is -2.01. The van der Waals surface area contributed by atoms with E-state index in [0.29, 0.717) is 6.54 Å². The number of halogens is 1. The summed E-state index contributed by atoms with van der Waals surface area (Å²) in [5.41, 5.74) is 19.5. The Labute approximate surface area is 116 Å². The summed E-state index contributed by atoms with van der Waals surface area (Å²) in [5, 5.41) is 0.780. The highest BCUT2D eigenvalue weighted by atomic mass is 35.5. The lowest BCUT2D eigenvalue weighted by molar-refractivity contribution is 1.01. The van der Waals surface area contributed by atoms with E-state index in [-0.39, 0.29) is 11.9 Å². The molecule has 6 heteroatoms. The normalized spacial score (nSPS) is 13.9. The minimum atomic E-state index is -0.0882. The second-order valence-corrected chi connectivity index (χ2v) is 4.64. The Balaban J connectivity index is 2.03. The average Bonchev–Trinajstić information content (AvgIpc) is 2.73. The molecule has 0 amide bonds. The monoisotopic (exact) mass is 277 g/mol. The zero-order valence-electron chi connectivity index (χ0n) is 10.4. The van der Waals surface area contributed by atoms with Crippen LogP contribution in [0.3, 0.4) is 0 Å². The largest absolute Gasteiger partial charge is 0.370 e. The van der Waals surface area contributed by atoms with Crippen molar-refractivity contribution >= 4 is 29.1 Å². The third-order valence-corrected chi connectivity index (χ3v) is 3.20. The molecule has 0 radical (unpaired) electrons. The molecule has 0 aliphatic heterocycles. The van der Waals surface area contributed by atoms with Crippen LogP contribution >= 0.6 is 11.6 Å². The van der Waals surface area contributed by atoms with Gasteiger partial charge in [0.1, 0.15) is 0 Å². The second kappa shape index (κ2) is 5.75. The maximum atomic E-state index is 6.22. The van der Waals surface area contributed by atoms with Gasteiger partial charge in [-0.1, -0.05) is 29.8 Å². The molecule has 0 heterocycles. The predicted molar refractivity (Wildman–Crippen MR) is 80.0 cm³/mol. The van der Waals surface area contributed by atoms with Crippen LogP contribution < -0.4 is 17.2 Å². The van der Waals surface area contributed by atoms with Gasteiger partial charge in [0.25, 0.3) is 0 Å². The molecular formula is C13H16ClN5. The first-order chi connectivity index (χ1) is 9.08. The lowest BCUT2D eigenvalue weighted by Gasteiger charge is -2.06. The van der Waals surface area contributed by atoms with Gasteiger partial charge in [0.05, 0.1) is 0 Å². The molecule has 6 N–H and O–H groups in total. The van der Waals surface area contributed by atoms with Gasteiger partial charge in [-0.05, 0) is 35.6 Å². The number of benzene rings is 1. The van der Waals surface area contributed by atoms with Crippen molar-refractivity contribution in [3.63, 3.8) is 0 Å². The van der Waals surface area contributed by atoms with E-state index in [1.54, 1.807) is 0 Å². The van der Waals surface area contributed by atoms with E-state index in [0.717, 1.165) is 23.4 Å². The number of hydrogen-bond donors (Lipinski definition) is 3. The Morgan fingerprint density at radius 2 is 2.05 bits per heavy atom. The highest BCUT2D eigenvalue weighted by Crippen LogP contribution is 2.35. The van der Waals surface area contributed by atoms with Gasteiger partial charge in [-0.15, -0.1) is 0 Å². The SMILES string of the molecule is NC(N)=NC(N)=NCCC1=CCc2cccc(Cl)c21. The van der Waals surface area contributed by atoms with Crippen LogP contribution in [0.25, 0.3) is 5.57 Å². The fourth-order valence-electron chi connectivity index (χ4n) is 2.12. The van der Waals surface area contributed by atoms with Crippen LogP contribution in [0.4, 0.5) is 0 Å². The smallest absolute Gasteiger partial charge is 0.218 e. The van der Waals surface area contributed by atoms with E-state index in [2.05, 4.69) is 22.1 Å². The van der Waals surface area contributed by atoms with E-state index < -0.39 is 0 Å². The van der Waals surface area contributed by atoms with Crippen molar-refractivity contribution < 1.29 is 0 Å². The molecule has 0 atom stereocenters. The molecule has 0 saturated heterocycles. The maximum absolute atomic E-state index is 6.22. The first-order valence-corrected chi connectivity index (χ1v) is 6.32. The summed E-state index contributed by atoms with van der Waals surface area (Å²) >= 11 is 6.22. The maximum Gasteiger partial charge on any atom is 0.218 e. The molecule has 2 rings (SSSR count). The number of aliphatic imine (C=N–C) groups is 2. The topological polar surface area (TPSA) is 103 Å². The van der Waals surface area contributed by atoms with Crippen molar-refractivity contribution in [2.45, 2.75) is 12.8 Å². The zero-order valence-corrected chi connectivity index (χ0v) is 11.2. The minimum absolute atomic E-state index is 0.0882. The standard InChI is InChI=1S/C13H16ClN5/c14-10-3-1-2-8-4-5-9(11(8)10)6-7-18-13(17)19-12(15)16/h1-3,5H,4,6-7H2,(H6,15,16,17,18,19). The molecule has 1 aliphatic rings. The molecule has 1 aliphatic carbocycles. The molecule has 0 aromatic heterocycles. The van der Waals surface area contributed by atoms with Gasteiger partial charge in [-0.2, -0.15) is 4.99 Å². The van der Waals surface area contributed by atoms with Crippen LogP contribution in [-0.4, -0.2) is 18.5 Å². The Morgan fingerprint density at radius 3 is 2.79 bits per heavy atom. The van der Waals surface area contributed by atoms with Gasteiger partial charge >= 0.3 is 0 Å². The Kier molecular flexibility index (Phi) is 4.06. The van der Waals surface area contributed by atoms with Crippen molar-refractivity contribution in [1.29, 1.82) is 0 Å². The van der Waals surface area contributed by atoms with Crippen LogP contribution in [0, 0.1) is 0 Å². The molecular weight excluding hydrogens is 262 g/mol. The number of fused-ring (bicyclic) bond motifs is 1. The van der Waals surface area contributed by atoms with Crippen molar-refractivity contribution in [3.05, 3.63) is 40.4 Å². The van der Waals surface area contributed by atoms with E-state index >= 15 is 0 Å². The predicted octanol–water partition coefficient (Wildman–Crippen LogP) is 1.26. The summed E-state index contributed by atoms with van der Waals surface area (Å²) < 4.78 is 0. The molecule has 100 valence electrons. The molecule has 0 fully saturated rings. The highest BCUT2D eigenvalue weighted by Gasteiger charge is 2.16. The van der Waals surface area contributed by atoms with Crippen molar-refractivity contribution in [2.24, 2.45) is 27.2 Å². The summed E-state index contributed by atoms with van der Waals surface area (Å²) in [6, 6.07) is 5.95. The molecule has 0 saturated carbocycles. The van der Waals surface area contributed by atoms with Gasteiger partial charge in [0.2, 0.25) is 5.96 Å². The lowest BCUT2D eigenvalue weighted by Crippen LogP contribution is -2.26. The molecule has 19 heavy (non-hydrogen) atoms. The second-order valence-electron chi connectivity index (χ2n) is 4.23. The first kappa shape index (κ1) is 13.4. The van der Waals surface area contributed by atoms with Gasteiger partial charge in [0.15, 0.2) is 5.96 Å². The quantitative estimate of drug-likeness (QED) is 0.572. The van der Waals surface area contributed by atoms with Crippen LogP contribution in [0.15, 0.2) is 34.3 Å². The summed E-state index contributed by atoms with van der Waals surface area (Å²) in [6.45, 7) is 0.527. The van der Waals surface area contributed by atoms with Crippen molar-refractivity contribution in [1.82, 2.24) is 0 Å². The van der Waals surface area contributed by atoms with E-state index in [9.17, 15) is 0 Å². The minimum Gasteiger partial charge on any atom is -0.370 e. The highest BCUT2D eigenvalue weighted by molar-refractivity contribution is 6.32. The molecule has 1 aromatic rings. The lowest BCUT2D eigenvalue weighted by atomic mass is 10.0. The summed E-state index contributed by atoms with van der Waals surface area (Å²) in [6.07, 6.45) is 3.85. The van der Waals surface area contributed by atoms with E-state index in [1.807, 2.05) is 12.1 Å². The third-order valence-electron chi connectivity index (χ3n) is 2.89. The molecule has 0 unspecified atom stereocenters. The number of hydrogen-bond acceptors (Lipinski definition) is 1. The van der Waals surface area contributed by atoms with E-state index in [1.165, 1.54) is 11.1 Å². The van der Waals surface area contributed by atoms with Gasteiger partial charge in [-0.25, -0.2) is 0 Å². The van der Waals surface area contributed by atoms with Gasteiger partial charge < -0.3 is 17.2 Å². The molecule has 5 nitrogen and oxygen atoms in total. The Morgan fingerprint density at radius 1 is 1.26 bits per heavy atom. The fourth-order valence-corrected chi connectivity index (χ4v) is 2.43. The summed E-state index contributed by atoms with van der Waals surface area (Å²) in [7, 11) is 0. The van der Waals surface area contributed by atoms with Crippen LogP contribution in [0.5, 0.6) is 0 Å². The van der Waals surface area contributed by atoms with E-state index in [4.69, 9.17) is 28.8 Å². The zero-order chi connectivity index (χ0) is 13.8. The van der Waals surface area contributed by atoms with Crippen LogP contribution in [0.2, 0.25) is 5.02 Å². The van der Waals surface area contributed by atoms with Crippen LogP contribution in [0.1, 0.15) is 17.5 Å². The first-order valence-electron chi connectivity index (χ1n) is 5.94. The third kappa shape index (κ3) is 3.26. The van der Waals surface area contributed by atoms with Crippen LogP contribution in [-0.2, 0) is 6.42 Å².